The first-order valence-electron chi connectivity index (χ1n) is 4.78. The summed E-state index contributed by atoms with van der Waals surface area (Å²) in [5.74, 6) is -1.00. The van der Waals surface area contributed by atoms with E-state index in [2.05, 4.69) is 25.7 Å². The maximum absolute atomic E-state index is 12.8. The molecule has 0 aliphatic rings. The van der Waals surface area contributed by atoms with Gasteiger partial charge in [-0.3, -0.25) is 0 Å². The van der Waals surface area contributed by atoms with Crippen molar-refractivity contribution in [2.24, 2.45) is 0 Å². The smallest absolute Gasteiger partial charge is 0.388 e. The van der Waals surface area contributed by atoms with E-state index in [1.54, 1.807) is 6.07 Å². The average molecular weight is 345 g/mol. The van der Waals surface area contributed by atoms with Crippen molar-refractivity contribution >= 4 is 15.9 Å². The highest BCUT2D eigenvalue weighted by Crippen LogP contribution is 2.31. The van der Waals surface area contributed by atoms with Gasteiger partial charge in [-0.1, -0.05) is 15.9 Å². The van der Waals surface area contributed by atoms with Crippen LogP contribution < -0.4 is 4.74 Å². The van der Waals surface area contributed by atoms with E-state index in [9.17, 15) is 22.0 Å². The molecule has 1 aromatic rings. The summed E-state index contributed by atoms with van der Waals surface area (Å²) in [5, 5.41) is 8.48. The topological polar surface area (TPSA) is 45.9 Å². The Kier molecular flexibility index (Phi) is 5.05. The second-order valence-corrected chi connectivity index (χ2v) is 3.85. The van der Waals surface area contributed by atoms with Crippen molar-refractivity contribution in [2.75, 3.05) is 0 Å². The number of hydrogen-bond donors (Lipinski definition) is 0. The zero-order chi connectivity index (χ0) is 14.6. The Morgan fingerprint density at radius 1 is 1.42 bits per heavy atom. The highest BCUT2D eigenvalue weighted by molar-refractivity contribution is 9.08. The molecule has 0 aliphatic heterocycles. The highest BCUT2D eigenvalue weighted by atomic mass is 79.9. The number of aromatic nitrogens is 1. The van der Waals surface area contributed by atoms with Crippen molar-refractivity contribution in [1.29, 1.82) is 5.26 Å². The summed E-state index contributed by atoms with van der Waals surface area (Å²) in [6.45, 7) is 0. The second-order valence-electron chi connectivity index (χ2n) is 3.29. The maximum atomic E-state index is 12.8. The van der Waals surface area contributed by atoms with Crippen molar-refractivity contribution in [3.63, 3.8) is 0 Å². The summed E-state index contributed by atoms with van der Waals surface area (Å²) >= 11 is 2.94. The number of pyridine rings is 1. The normalized spacial score (nSPS) is 11.5. The minimum atomic E-state index is -5.04. The lowest BCUT2D eigenvalue weighted by Gasteiger charge is -2.14. The van der Waals surface area contributed by atoms with Crippen LogP contribution in [0.4, 0.5) is 22.0 Å². The third-order valence-electron chi connectivity index (χ3n) is 2.06. The Morgan fingerprint density at radius 2 is 2.05 bits per heavy atom. The Morgan fingerprint density at radius 3 is 2.47 bits per heavy atom. The molecule has 0 fully saturated rings. The van der Waals surface area contributed by atoms with Gasteiger partial charge in [-0.05, 0) is 5.56 Å². The average Bonchev–Trinajstić information content (AvgIpc) is 2.26. The van der Waals surface area contributed by atoms with Gasteiger partial charge in [-0.2, -0.15) is 5.26 Å². The number of hydrogen-bond acceptors (Lipinski definition) is 3. The fourth-order valence-electron chi connectivity index (χ4n) is 1.36. The van der Waals surface area contributed by atoms with Gasteiger partial charge in [0.05, 0.1) is 18.2 Å². The molecule has 0 atom stereocenters. The van der Waals surface area contributed by atoms with E-state index in [1.165, 1.54) is 0 Å². The van der Waals surface area contributed by atoms with E-state index >= 15 is 0 Å². The Hall–Kier alpha value is -1.43. The van der Waals surface area contributed by atoms with Crippen LogP contribution in [0.3, 0.4) is 0 Å². The zero-order valence-corrected chi connectivity index (χ0v) is 10.7. The van der Waals surface area contributed by atoms with E-state index in [4.69, 9.17) is 5.26 Å². The minimum Gasteiger partial charge on any atom is -0.388 e. The summed E-state index contributed by atoms with van der Waals surface area (Å²) in [5.41, 5.74) is -0.820. The lowest BCUT2D eigenvalue weighted by atomic mass is 10.1. The van der Waals surface area contributed by atoms with E-state index in [1.807, 2.05) is 0 Å². The molecule has 1 rings (SSSR count). The standard InChI is InChI=1S/C10H6BrF5N2O/c11-4-6-5(9(12)13)3-8(19-10(14,15)16)18-7(6)1-2-17/h3,9H,1,4H2. The highest BCUT2D eigenvalue weighted by Gasteiger charge is 2.33. The van der Waals surface area contributed by atoms with Crippen molar-refractivity contribution in [1.82, 2.24) is 4.98 Å². The van der Waals surface area contributed by atoms with Gasteiger partial charge in [-0.25, -0.2) is 13.8 Å². The first-order valence-corrected chi connectivity index (χ1v) is 5.90. The molecule has 0 saturated heterocycles. The molecule has 104 valence electrons. The predicted molar refractivity (Wildman–Crippen MR) is 57.8 cm³/mol. The molecule has 1 heterocycles. The van der Waals surface area contributed by atoms with Crippen LogP contribution in [-0.4, -0.2) is 11.3 Å². The molecule has 0 amide bonds. The molecule has 9 heteroatoms. The molecular formula is C10H6BrF5N2O. The molecule has 0 aromatic carbocycles. The molecule has 0 unspecified atom stereocenters. The van der Waals surface area contributed by atoms with Gasteiger partial charge in [0.15, 0.2) is 0 Å². The minimum absolute atomic E-state index is 0.00826. The van der Waals surface area contributed by atoms with Crippen molar-refractivity contribution in [3.8, 4) is 11.9 Å². The Bertz CT molecular complexity index is 498. The van der Waals surface area contributed by atoms with Gasteiger partial charge in [0, 0.05) is 17.0 Å². The molecule has 0 bridgehead atoms. The SMILES string of the molecule is N#CCc1nc(OC(F)(F)F)cc(C(F)F)c1CBr. The maximum Gasteiger partial charge on any atom is 0.574 e. The first-order chi connectivity index (χ1) is 8.78. The Labute approximate surface area is 113 Å². The van der Waals surface area contributed by atoms with Crippen molar-refractivity contribution in [3.05, 3.63) is 22.9 Å². The van der Waals surface area contributed by atoms with Crippen LogP contribution in [0, 0.1) is 11.3 Å². The summed E-state index contributed by atoms with van der Waals surface area (Å²) in [4.78, 5) is 3.43. The number of halogens is 6. The van der Waals surface area contributed by atoms with Crippen LogP contribution in [0.1, 0.15) is 23.2 Å². The third kappa shape index (κ3) is 4.31. The van der Waals surface area contributed by atoms with Gasteiger partial charge in [0.2, 0.25) is 5.88 Å². The van der Waals surface area contributed by atoms with E-state index in [-0.39, 0.29) is 16.6 Å². The zero-order valence-electron chi connectivity index (χ0n) is 9.14. The second kappa shape index (κ2) is 6.14. The summed E-state index contributed by atoms with van der Waals surface area (Å²) in [7, 11) is 0. The van der Waals surface area contributed by atoms with Crippen molar-refractivity contribution < 1.29 is 26.7 Å². The van der Waals surface area contributed by atoms with Crippen molar-refractivity contribution in [2.45, 2.75) is 24.5 Å². The van der Waals surface area contributed by atoms with Gasteiger partial charge in [0.1, 0.15) is 0 Å². The van der Waals surface area contributed by atoms with Crippen LogP contribution in [0.5, 0.6) is 5.88 Å². The Balaban J connectivity index is 3.33. The van der Waals surface area contributed by atoms with Crippen LogP contribution in [0.25, 0.3) is 0 Å². The monoisotopic (exact) mass is 344 g/mol. The number of rotatable bonds is 4. The molecule has 0 aliphatic carbocycles. The number of nitriles is 1. The summed E-state index contributed by atoms with van der Waals surface area (Å²) < 4.78 is 65.2. The summed E-state index contributed by atoms with van der Waals surface area (Å²) in [6.07, 6.45) is -8.43. The molecule has 19 heavy (non-hydrogen) atoms. The molecular weight excluding hydrogens is 339 g/mol. The molecule has 0 saturated carbocycles. The van der Waals surface area contributed by atoms with Gasteiger partial charge in [0.25, 0.3) is 6.43 Å². The van der Waals surface area contributed by atoms with Crippen LogP contribution >= 0.6 is 15.9 Å². The van der Waals surface area contributed by atoms with Crippen LogP contribution in [0.2, 0.25) is 0 Å². The molecule has 0 radical (unpaired) electrons. The molecule has 1 aromatic heterocycles. The lowest BCUT2D eigenvalue weighted by molar-refractivity contribution is -0.276. The molecule has 0 spiro atoms. The fourth-order valence-corrected chi connectivity index (χ4v) is 2.01. The first kappa shape index (κ1) is 15.6. The number of nitrogens with zero attached hydrogens (tertiary/aromatic N) is 2. The van der Waals surface area contributed by atoms with Crippen LogP contribution in [0.15, 0.2) is 6.07 Å². The van der Waals surface area contributed by atoms with Gasteiger partial charge >= 0.3 is 6.36 Å². The van der Waals surface area contributed by atoms with E-state index in [0.29, 0.717) is 6.07 Å². The largest absolute Gasteiger partial charge is 0.574 e. The summed E-state index contributed by atoms with van der Waals surface area (Å²) in [6, 6.07) is 2.17. The third-order valence-corrected chi connectivity index (χ3v) is 2.62. The number of ether oxygens (including phenoxy) is 1. The number of alkyl halides is 6. The fraction of sp³-hybridized carbons (Fsp3) is 0.400. The van der Waals surface area contributed by atoms with E-state index < -0.39 is 30.7 Å². The van der Waals surface area contributed by atoms with Crippen LogP contribution in [-0.2, 0) is 11.8 Å². The quantitative estimate of drug-likeness (QED) is 0.615. The molecule has 0 N–H and O–H groups in total. The van der Waals surface area contributed by atoms with E-state index in [0.717, 1.165) is 0 Å². The predicted octanol–water partition coefficient (Wildman–Crippen LogP) is 3.88. The van der Waals surface area contributed by atoms with Gasteiger partial charge < -0.3 is 4.74 Å². The molecule has 3 nitrogen and oxygen atoms in total. The lowest BCUT2D eigenvalue weighted by Crippen LogP contribution is -2.19. The van der Waals surface area contributed by atoms with Gasteiger partial charge in [-0.15, -0.1) is 13.2 Å².